The molecule has 0 aliphatic carbocycles. The van der Waals surface area contributed by atoms with Crippen molar-refractivity contribution in [2.24, 2.45) is 0 Å². The molecule has 0 bridgehead atoms. The lowest BCUT2D eigenvalue weighted by molar-refractivity contribution is 0.391. The van der Waals surface area contributed by atoms with Crippen molar-refractivity contribution in [3.05, 3.63) is 75.9 Å². The minimum atomic E-state index is -4.46. The highest BCUT2D eigenvalue weighted by Gasteiger charge is 2.31. The summed E-state index contributed by atoms with van der Waals surface area (Å²) in [5.41, 5.74) is 0.973. The fraction of sp³-hybridized carbons (Fsp3) is 0.190. The van der Waals surface area contributed by atoms with E-state index in [-0.39, 0.29) is 12.4 Å². The first-order valence-electron chi connectivity index (χ1n) is 8.99. The number of halogens is 3. The van der Waals surface area contributed by atoms with Crippen LogP contribution < -0.4 is 13.8 Å². The van der Waals surface area contributed by atoms with E-state index in [2.05, 4.69) is 20.9 Å². The maximum Gasteiger partial charge on any atom is 0.268 e. The lowest BCUT2D eigenvalue weighted by Gasteiger charge is -2.25. The molecule has 0 unspecified atom stereocenters. The summed E-state index contributed by atoms with van der Waals surface area (Å²) >= 11 is 3.19. The molecule has 0 radical (unpaired) electrons. The van der Waals surface area contributed by atoms with E-state index in [1.165, 1.54) is 32.4 Å². The van der Waals surface area contributed by atoms with Crippen molar-refractivity contribution < 1.29 is 26.7 Å². The van der Waals surface area contributed by atoms with Crippen LogP contribution in [0, 0.1) is 18.7 Å². The zero-order valence-electron chi connectivity index (χ0n) is 16.9. The third-order valence-electron chi connectivity index (χ3n) is 4.55. The van der Waals surface area contributed by atoms with E-state index < -0.39 is 26.7 Å². The number of aryl methyl sites for hydroxylation is 1. The predicted octanol–water partition coefficient (Wildman–Crippen LogP) is 4.84. The monoisotopic (exact) mass is 512 g/mol. The van der Waals surface area contributed by atoms with E-state index in [4.69, 9.17) is 9.47 Å². The Labute approximate surface area is 187 Å². The van der Waals surface area contributed by atoms with Gasteiger partial charge in [-0.2, -0.15) is 4.39 Å². The number of benzene rings is 2. The van der Waals surface area contributed by atoms with Crippen LogP contribution in [0.4, 0.5) is 14.6 Å². The first-order valence-corrected chi connectivity index (χ1v) is 11.2. The molecule has 1 heterocycles. The number of rotatable bonds is 7. The Morgan fingerprint density at radius 2 is 1.81 bits per heavy atom. The number of methoxy groups -OCH3 is 2. The topological polar surface area (TPSA) is 68.7 Å². The van der Waals surface area contributed by atoms with E-state index >= 15 is 0 Å². The zero-order valence-corrected chi connectivity index (χ0v) is 19.3. The van der Waals surface area contributed by atoms with Gasteiger partial charge in [0.1, 0.15) is 28.0 Å². The van der Waals surface area contributed by atoms with Gasteiger partial charge in [-0.3, -0.25) is 0 Å². The largest absolute Gasteiger partial charge is 0.497 e. The van der Waals surface area contributed by atoms with Crippen LogP contribution in [0.25, 0.3) is 0 Å². The zero-order chi connectivity index (χ0) is 22.8. The second kappa shape index (κ2) is 9.19. The number of hydrogen-bond donors (Lipinski definition) is 0. The summed E-state index contributed by atoms with van der Waals surface area (Å²) in [6.07, 6.45) is 0. The van der Waals surface area contributed by atoms with Crippen molar-refractivity contribution in [1.82, 2.24) is 4.98 Å². The van der Waals surface area contributed by atoms with Crippen molar-refractivity contribution >= 4 is 31.8 Å². The minimum Gasteiger partial charge on any atom is -0.497 e. The molecule has 0 N–H and O–H groups in total. The molecular weight excluding hydrogens is 494 g/mol. The van der Waals surface area contributed by atoms with E-state index in [1.54, 1.807) is 25.1 Å². The number of hydrogen-bond acceptors (Lipinski definition) is 5. The van der Waals surface area contributed by atoms with Gasteiger partial charge in [0.15, 0.2) is 0 Å². The quantitative estimate of drug-likeness (QED) is 0.423. The van der Waals surface area contributed by atoms with Crippen molar-refractivity contribution in [2.75, 3.05) is 18.5 Å². The second-order valence-corrected chi connectivity index (χ2v) is 9.22. The summed E-state index contributed by atoms with van der Waals surface area (Å²) < 4.78 is 67.3. The molecular formula is C21H19BrF2N2O4S. The maximum absolute atomic E-state index is 14.7. The number of ether oxygens (including phenoxy) is 2. The summed E-state index contributed by atoms with van der Waals surface area (Å²) in [6.45, 7) is 1.36. The molecule has 0 spiro atoms. The van der Waals surface area contributed by atoms with Gasteiger partial charge >= 0.3 is 0 Å². The van der Waals surface area contributed by atoms with Crippen molar-refractivity contribution in [1.29, 1.82) is 0 Å². The lowest BCUT2D eigenvalue weighted by atomic mass is 10.2. The molecule has 10 heteroatoms. The molecule has 0 aliphatic heterocycles. The van der Waals surface area contributed by atoms with Crippen molar-refractivity contribution in [3.63, 3.8) is 0 Å². The van der Waals surface area contributed by atoms with Gasteiger partial charge in [-0.25, -0.2) is 22.1 Å². The SMILES string of the molecule is COc1ccc(CN(c2cccc(F)n2)S(=O)(=O)c2cc(C)c(Br)cc2F)c(OC)c1. The molecule has 0 aliphatic rings. The standard InChI is InChI=1S/C21H19BrF2N2O4S/c1-13-9-19(17(23)11-16(13)22)31(27,28)26(21-6-4-5-20(24)25-21)12-14-7-8-15(29-2)10-18(14)30-3/h4-11H,12H2,1-3H3. The number of pyridine rings is 1. The van der Waals surface area contributed by atoms with Gasteiger partial charge in [0.05, 0.1) is 20.8 Å². The fourth-order valence-electron chi connectivity index (χ4n) is 2.91. The van der Waals surface area contributed by atoms with Crippen LogP contribution in [-0.2, 0) is 16.6 Å². The second-order valence-electron chi connectivity index (χ2n) is 6.54. The first-order chi connectivity index (χ1) is 14.7. The molecule has 3 aromatic rings. The van der Waals surface area contributed by atoms with Crippen LogP contribution in [0.5, 0.6) is 11.5 Å². The van der Waals surface area contributed by atoms with Crippen LogP contribution in [0.15, 0.2) is 57.9 Å². The fourth-order valence-corrected chi connectivity index (χ4v) is 4.75. The smallest absolute Gasteiger partial charge is 0.268 e. The molecule has 0 atom stereocenters. The Bertz CT molecular complexity index is 1220. The summed E-state index contributed by atoms with van der Waals surface area (Å²) in [5.74, 6) is -1.15. The molecule has 0 fully saturated rings. The lowest BCUT2D eigenvalue weighted by Crippen LogP contribution is -2.32. The minimum absolute atomic E-state index is 0.196. The Kier molecular flexibility index (Phi) is 6.80. The van der Waals surface area contributed by atoms with Gasteiger partial charge in [0.25, 0.3) is 10.0 Å². The number of aromatic nitrogens is 1. The summed E-state index contributed by atoms with van der Waals surface area (Å²) in [7, 11) is -1.55. The van der Waals surface area contributed by atoms with Crippen molar-refractivity contribution in [2.45, 2.75) is 18.4 Å². The number of anilines is 1. The molecule has 0 saturated carbocycles. The molecule has 31 heavy (non-hydrogen) atoms. The van der Waals surface area contributed by atoms with Crippen LogP contribution in [0.3, 0.4) is 0 Å². The van der Waals surface area contributed by atoms with Gasteiger partial charge in [-0.1, -0.05) is 22.0 Å². The molecule has 6 nitrogen and oxygen atoms in total. The summed E-state index contributed by atoms with van der Waals surface area (Å²) in [6, 6.07) is 10.9. The highest BCUT2D eigenvalue weighted by molar-refractivity contribution is 9.10. The van der Waals surface area contributed by atoms with Crippen molar-refractivity contribution in [3.8, 4) is 11.5 Å². The molecule has 164 valence electrons. The van der Waals surface area contributed by atoms with Gasteiger partial charge in [0, 0.05) is 16.1 Å². The highest BCUT2D eigenvalue weighted by atomic mass is 79.9. The number of sulfonamides is 1. The van der Waals surface area contributed by atoms with Gasteiger partial charge in [0.2, 0.25) is 5.95 Å². The van der Waals surface area contributed by atoms with Crippen LogP contribution in [0.1, 0.15) is 11.1 Å². The molecule has 3 rings (SSSR count). The predicted molar refractivity (Wildman–Crippen MR) is 116 cm³/mol. The molecule has 0 amide bonds. The third kappa shape index (κ3) is 4.80. The van der Waals surface area contributed by atoms with E-state index in [0.29, 0.717) is 27.1 Å². The molecule has 0 saturated heterocycles. The average molecular weight is 513 g/mol. The van der Waals surface area contributed by atoms with E-state index in [9.17, 15) is 17.2 Å². The van der Waals surface area contributed by atoms with Gasteiger partial charge in [-0.05, 0) is 48.9 Å². The number of nitrogens with zero attached hydrogens (tertiary/aromatic N) is 2. The van der Waals surface area contributed by atoms with Gasteiger partial charge < -0.3 is 9.47 Å². The normalized spacial score (nSPS) is 11.3. The van der Waals surface area contributed by atoms with Crippen LogP contribution >= 0.6 is 15.9 Å². The Hall–Kier alpha value is -2.72. The third-order valence-corrected chi connectivity index (χ3v) is 7.16. The Balaban J connectivity index is 2.18. The Morgan fingerprint density at radius 3 is 2.45 bits per heavy atom. The first kappa shape index (κ1) is 23.0. The average Bonchev–Trinajstić information content (AvgIpc) is 2.74. The van der Waals surface area contributed by atoms with E-state index in [1.807, 2.05) is 0 Å². The van der Waals surface area contributed by atoms with E-state index in [0.717, 1.165) is 16.4 Å². The highest BCUT2D eigenvalue weighted by Crippen LogP contribution is 2.32. The van der Waals surface area contributed by atoms with Gasteiger partial charge in [-0.15, -0.1) is 0 Å². The summed E-state index contributed by atoms with van der Waals surface area (Å²) in [5, 5.41) is 0. The Morgan fingerprint density at radius 1 is 1.06 bits per heavy atom. The van der Waals surface area contributed by atoms with Crippen LogP contribution in [0.2, 0.25) is 0 Å². The molecule has 2 aromatic carbocycles. The summed E-state index contributed by atoms with van der Waals surface area (Å²) in [4.78, 5) is 3.15. The molecule has 1 aromatic heterocycles. The van der Waals surface area contributed by atoms with Crippen LogP contribution in [-0.4, -0.2) is 27.6 Å². The maximum atomic E-state index is 14.7.